The second-order valence-electron chi connectivity index (χ2n) is 4.28. The molecule has 0 aliphatic rings. The SMILES string of the molecule is CCCCC(N)CO.NC(CO)c1ccccc1. The molecule has 18 heavy (non-hydrogen) atoms. The fourth-order valence-electron chi connectivity index (χ4n) is 1.36. The predicted molar refractivity (Wildman–Crippen MR) is 75.0 cm³/mol. The molecule has 0 amide bonds. The molecule has 1 rings (SSSR count). The molecule has 2 unspecified atom stereocenters. The molecule has 6 N–H and O–H groups in total. The van der Waals surface area contributed by atoms with Crippen LogP contribution in [0.15, 0.2) is 30.3 Å². The van der Waals surface area contributed by atoms with Crippen molar-refractivity contribution in [3.63, 3.8) is 0 Å². The van der Waals surface area contributed by atoms with Crippen LogP contribution in [0.5, 0.6) is 0 Å². The molecule has 1 aromatic rings. The zero-order chi connectivity index (χ0) is 13.8. The molecule has 0 aliphatic carbocycles. The zero-order valence-corrected chi connectivity index (χ0v) is 11.1. The Hall–Kier alpha value is -0.940. The molecule has 0 bridgehead atoms. The lowest BCUT2D eigenvalue weighted by atomic mass is 10.1. The van der Waals surface area contributed by atoms with Crippen molar-refractivity contribution in [3.05, 3.63) is 35.9 Å². The van der Waals surface area contributed by atoms with E-state index in [1.165, 1.54) is 0 Å². The molecular weight excluding hydrogens is 228 g/mol. The predicted octanol–water partition coefficient (Wildman–Crippen LogP) is 1.17. The summed E-state index contributed by atoms with van der Waals surface area (Å²) in [6.07, 6.45) is 3.24. The summed E-state index contributed by atoms with van der Waals surface area (Å²) in [6.45, 7) is 2.24. The highest BCUT2D eigenvalue weighted by Crippen LogP contribution is 2.07. The average Bonchev–Trinajstić information content (AvgIpc) is 2.45. The molecule has 4 heteroatoms. The topological polar surface area (TPSA) is 92.5 Å². The lowest BCUT2D eigenvalue weighted by Gasteiger charge is -2.06. The van der Waals surface area contributed by atoms with E-state index in [2.05, 4.69) is 6.92 Å². The quantitative estimate of drug-likeness (QED) is 0.613. The summed E-state index contributed by atoms with van der Waals surface area (Å²) >= 11 is 0. The van der Waals surface area contributed by atoms with Crippen molar-refractivity contribution in [1.29, 1.82) is 0 Å². The van der Waals surface area contributed by atoms with Crippen LogP contribution >= 0.6 is 0 Å². The summed E-state index contributed by atoms with van der Waals surface area (Å²) in [6, 6.07) is 9.32. The number of benzene rings is 1. The first-order valence-corrected chi connectivity index (χ1v) is 6.43. The van der Waals surface area contributed by atoms with Crippen molar-refractivity contribution in [2.45, 2.75) is 38.3 Å². The van der Waals surface area contributed by atoms with Crippen molar-refractivity contribution >= 4 is 0 Å². The van der Waals surface area contributed by atoms with E-state index in [0.717, 1.165) is 24.8 Å². The first-order chi connectivity index (χ1) is 8.65. The highest BCUT2D eigenvalue weighted by atomic mass is 16.3. The summed E-state index contributed by atoms with van der Waals surface area (Å²) in [5.74, 6) is 0. The first kappa shape index (κ1) is 17.1. The fourth-order valence-corrected chi connectivity index (χ4v) is 1.36. The third-order valence-electron chi connectivity index (χ3n) is 2.59. The Morgan fingerprint density at radius 2 is 1.67 bits per heavy atom. The van der Waals surface area contributed by atoms with E-state index in [9.17, 15) is 0 Å². The van der Waals surface area contributed by atoms with Gasteiger partial charge in [0, 0.05) is 6.04 Å². The monoisotopic (exact) mass is 254 g/mol. The van der Waals surface area contributed by atoms with Gasteiger partial charge in [0.25, 0.3) is 0 Å². The summed E-state index contributed by atoms with van der Waals surface area (Å²) < 4.78 is 0. The average molecular weight is 254 g/mol. The van der Waals surface area contributed by atoms with Gasteiger partial charge in [-0.05, 0) is 12.0 Å². The standard InChI is InChI=1S/C8H11NO.C6H15NO/c9-8(6-10)7-4-2-1-3-5-7;1-2-3-4-6(7)5-8/h1-5,8,10H,6,9H2;6,8H,2-5,7H2,1H3. The number of nitrogens with two attached hydrogens (primary N) is 2. The van der Waals surface area contributed by atoms with Gasteiger partial charge in [-0.25, -0.2) is 0 Å². The van der Waals surface area contributed by atoms with Gasteiger partial charge in [0.05, 0.1) is 19.3 Å². The van der Waals surface area contributed by atoms with E-state index < -0.39 is 0 Å². The highest BCUT2D eigenvalue weighted by Gasteiger charge is 2.00. The van der Waals surface area contributed by atoms with Gasteiger partial charge in [-0.1, -0.05) is 50.1 Å². The van der Waals surface area contributed by atoms with E-state index >= 15 is 0 Å². The van der Waals surface area contributed by atoms with Crippen LogP contribution in [0.4, 0.5) is 0 Å². The normalized spacial score (nSPS) is 13.4. The third-order valence-corrected chi connectivity index (χ3v) is 2.59. The number of rotatable bonds is 6. The van der Waals surface area contributed by atoms with Gasteiger partial charge in [-0.3, -0.25) is 0 Å². The summed E-state index contributed by atoms with van der Waals surface area (Å²) in [7, 11) is 0. The molecule has 0 aromatic heterocycles. The van der Waals surface area contributed by atoms with Crippen molar-refractivity contribution < 1.29 is 10.2 Å². The Morgan fingerprint density at radius 1 is 1.06 bits per heavy atom. The Balaban J connectivity index is 0.000000331. The Bertz CT molecular complexity index is 280. The van der Waals surface area contributed by atoms with Crippen molar-refractivity contribution in [2.75, 3.05) is 13.2 Å². The van der Waals surface area contributed by atoms with Crippen LogP contribution in [-0.4, -0.2) is 29.5 Å². The van der Waals surface area contributed by atoms with Gasteiger partial charge in [0.1, 0.15) is 0 Å². The van der Waals surface area contributed by atoms with Crippen molar-refractivity contribution in [3.8, 4) is 0 Å². The van der Waals surface area contributed by atoms with Crippen LogP contribution in [0.2, 0.25) is 0 Å². The molecule has 0 saturated carbocycles. The van der Waals surface area contributed by atoms with Crippen LogP contribution in [0.25, 0.3) is 0 Å². The van der Waals surface area contributed by atoms with E-state index in [-0.39, 0.29) is 25.3 Å². The van der Waals surface area contributed by atoms with Crippen LogP contribution in [0.1, 0.15) is 37.8 Å². The first-order valence-electron chi connectivity index (χ1n) is 6.43. The zero-order valence-electron chi connectivity index (χ0n) is 11.1. The minimum absolute atomic E-state index is 0.00398. The Morgan fingerprint density at radius 3 is 2.11 bits per heavy atom. The summed E-state index contributed by atoms with van der Waals surface area (Å²) in [5.41, 5.74) is 11.9. The molecule has 4 nitrogen and oxygen atoms in total. The van der Waals surface area contributed by atoms with Gasteiger partial charge in [-0.2, -0.15) is 0 Å². The van der Waals surface area contributed by atoms with E-state index in [1.807, 2.05) is 30.3 Å². The van der Waals surface area contributed by atoms with Gasteiger partial charge in [-0.15, -0.1) is 0 Å². The molecule has 0 heterocycles. The Kier molecular flexibility index (Phi) is 10.6. The van der Waals surface area contributed by atoms with Crippen molar-refractivity contribution in [1.82, 2.24) is 0 Å². The molecule has 2 atom stereocenters. The number of hydrogen-bond donors (Lipinski definition) is 4. The van der Waals surface area contributed by atoms with Crippen LogP contribution in [0.3, 0.4) is 0 Å². The second kappa shape index (κ2) is 11.2. The molecule has 0 spiro atoms. The third kappa shape index (κ3) is 8.20. The van der Waals surface area contributed by atoms with Gasteiger partial charge >= 0.3 is 0 Å². The number of aliphatic hydroxyl groups excluding tert-OH is 2. The molecule has 104 valence electrons. The molecule has 0 fully saturated rings. The lowest BCUT2D eigenvalue weighted by Crippen LogP contribution is -2.23. The fraction of sp³-hybridized carbons (Fsp3) is 0.571. The molecular formula is C14H26N2O2. The maximum atomic E-state index is 8.66. The molecule has 0 saturated heterocycles. The smallest absolute Gasteiger partial charge is 0.0624 e. The largest absolute Gasteiger partial charge is 0.395 e. The molecule has 0 radical (unpaired) electrons. The van der Waals surface area contributed by atoms with E-state index in [0.29, 0.717) is 0 Å². The number of aliphatic hydroxyl groups is 2. The van der Waals surface area contributed by atoms with E-state index in [1.54, 1.807) is 0 Å². The summed E-state index contributed by atoms with van der Waals surface area (Å²) in [4.78, 5) is 0. The van der Waals surface area contributed by atoms with Crippen molar-refractivity contribution in [2.24, 2.45) is 11.5 Å². The minimum Gasteiger partial charge on any atom is -0.395 e. The van der Waals surface area contributed by atoms with Crippen LogP contribution in [-0.2, 0) is 0 Å². The lowest BCUT2D eigenvalue weighted by molar-refractivity contribution is 0.258. The maximum Gasteiger partial charge on any atom is 0.0624 e. The number of unbranched alkanes of at least 4 members (excludes halogenated alkanes) is 1. The van der Waals surface area contributed by atoms with Crippen LogP contribution in [0, 0.1) is 0 Å². The Labute approximate surface area is 110 Å². The number of hydrogen-bond acceptors (Lipinski definition) is 4. The molecule has 0 aliphatic heterocycles. The van der Waals surface area contributed by atoms with E-state index in [4.69, 9.17) is 21.7 Å². The second-order valence-corrected chi connectivity index (χ2v) is 4.28. The minimum atomic E-state index is -0.235. The highest BCUT2D eigenvalue weighted by molar-refractivity contribution is 5.18. The maximum absolute atomic E-state index is 8.66. The summed E-state index contributed by atoms with van der Waals surface area (Å²) in [5, 5.41) is 17.1. The van der Waals surface area contributed by atoms with Gasteiger partial charge in [0.2, 0.25) is 0 Å². The molecule has 1 aromatic carbocycles. The van der Waals surface area contributed by atoms with Gasteiger partial charge in [0.15, 0.2) is 0 Å². The van der Waals surface area contributed by atoms with Crippen LogP contribution < -0.4 is 11.5 Å². The van der Waals surface area contributed by atoms with Gasteiger partial charge < -0.3 is 21.7 Å².